The van der Waals surface area contributed by atoms with Crippen molar-refractivity contribution in [3.63, 3.8) is 0 Å². The molecule has 1 N–H and O–H groups in total. The van der Waals surface area contributed by atoms with Gasteiger partial charge in [-0.3, -0.25) is 14.7 Å². The third-order valence-electron chi connectivity index (χ3n) is 4.13. The van der Waals surface area contributed by atoms with Gasteiger partial charge in [-0.1, -0.05) is 5.16 Å². The predicted octanol–water partition coefficient (Wildman–Crippen LogP) is 0.476. The molecule has 3 aromatic heterocycles. The maximum absolute atomic E-state index is 12.9. The second-order valence-corrected chi connectivity index (χ2v) is 5.69. The molecule has 1 aliphatic rings. The lowest BCUT2D eigenvalue weighted by Crippen LogP contribution is -2.41. The van der Waals surface area contributed by atoms with Crippen molar-refractivity contribution in [1.82, 2.24) is 34.6 Å². The standard InChI is InChI=1S/C14H15N7O3/c1-8-18-11(24-19-8)10-4-2-3-5-20(10)12(22)9-6-15-14-16-7-17-21(14)13(9)23/h6-7,10H,2-5H2,1H3,(H,15,16,17)/t10-/m1/s1. The first-order valence-electron chi connectivity index (χ1n) is 7.67. The number of piperidine rings is 1. The zero-order chi connectivity index (χ0) is 16.7. The van der Waals surface area contributed by atoms with Crippen molar-refractivity contribution in [2.24, 2.45) is 0 Å². The van der Waals surface area contributed by atoms with Crippen LogP contribution in [-0.2, 0) is 0 Å². The Kier molecular flexibility index (Phi) is 3.36. The number of hydrogen-bond donors (Lipinski definition) is 1. The molecule has 0 unspecified atom stereocenters. The Hall–Kier alpha value is -3.04. The molecule has 0 saturated carbocycles. The molecule has 10 nitrogen and oxygen atoms in total. The third kappa shape index (κ3) is 2.27. The number of nitrogens with zero attached hydrogens (tertiary/aromatic N) is 6. The van der Waals surface area contributed by atoms with Crippen LogP contribution in [0, 0.1) is 6.92 Å². The first kappa shape index (κ1) is 14.5. The van der Waals surface area contributed by atoms with Gasteiger partial charge in [0, 0.05) is 12.7 Å². The van der Waals surface area contributed by atoms with Crippen LogP contribution in [0.25, 0.3) is 5.78 Å². The van der Waals surface area contributed by atoms with E-state index in [1.54, 1.807) is 11.8 Å². The molecule has 0 bridgehead atoms. The van der Waals surface area contributed by atoms with Crippen LogP contribution in [0.4, 0.5) is 0 Å². The number of fused-ring (bicyclic) bond motifs is 1. The maximum atomic E-state index is 12.9. The van der Waals surface area contributed by atoms with E-state index >= 15 is 0 Å². The molecule has 124 valence electrons. The smallest absolute Gasteiger partial charge is 0.286 e. The second kappa shape index (κ2) is 5.55. The summed E-state index contributed by atoms with van der Waals surface area (Å²) in [6.45, 7) is 2.25. The van der Waals surface area contributed by atoms with Crippen molar-refractivity contribution < 1.29 is 9.32 Å². The fraction of sp³-hybridized carbons (Fsp3) is 0.429. The Balaban J connectivity index is 1.73. The quantitative estimate of drug-likeness (QED) is 0.725. The van der Waals surface area contributed by atoms with Crippen molar-refractivity contribution in [3.05, 3.63) is 40.2 Å². The largest absolute Gasteiger partial charge is 0.337 e. The van der Waals surface area contributed by atoms with Crippen LogP contribution < -0.4 is 5.56 Å². The number of rotatable bonds is 2. The van der Waals surface area contributed by atoms with Gasteiger partial charge < -0.3 is 9.42 Å². The number of H-pyrrole nitrogens is 1. The van der Waals surface area contributed by atoms with Gasteiger partial charge in [0.1, 0.15) is 17.9 Å². The van der Waals surface area contributed by atoms with Gasteiger partial charge >= 0.3 is 0 Å². The molecule has 1 fully saturated rings. The maximum Gasteiger partial charge on any atom is 0.286 e. The molecule has 0 spiro atoms. The van der Waals surface area contributed by atoms with Gasteiger partial charge in [0.2, 0.25) is 5.89 Å². The molecular formula is C14H15N7O3. The molecule has 10 heteroatoms. The first-order chi connectivity index (χ1) is 11.6. The van der Waals surface area contributed by atoms with Gasteiger partial charge in [-0.15, -0.1) is 0 Å². The molecule has 0 aromatic carbocycles. The number of aromatic amines is 1. The topological polar surface area (TPSA) is 122 Å². The molecule has 0 aliphatic carbocycles. The highest BCUT2D eigenvalue weighted by Crippen LogP contribution is 2.30. The molecule has 0 radical (unpaired) electrons. The van der Waals surface area contributed by atoms with Crippen molar-refractivity contribution in [2.75, 3.05) is 6.54 Å². The van der Waals surface area contributed by atoms with E-state index in [2.05, 4.69) is 25.2 Å². The highest BCUT2D eigenvalue weighted by molar-refractivity contribution is 5.94. The van der Waals surface area contributed by atoms with Crippen molar-refractivity contribution in [1.29, 1.82) is 0 Å². The van der Waals surface area contributed by atoms with E-state index < -0.39 is 11.5 Å². The van der Waals surface area contributed by atoms with Crippen LogP contribution in [-0.4, -0.2) is 47.1 Å². The Bertz CT molecular complexity index is 957. The van der Waals surface area contributed by atoms with Crippen LogP contribution in [0.5, 0.6) is 0 Å². The van der Waals surface area contributed by atoms with Crippen molar-refractivity contribution >= 4 is 11.7 Å². The fourth-order valence-corrected chi connectivity index (χ4v) is 2.98. The van der Waals surface area contributed by atoms with Crippen LogP contribution in [0.2, 0.25) is 0 Å². The molecule has 4 rings (SSSR count). The molecule has 1 amide bonds. The number of carbonyl (C=O) groups excluding carboxylic acids is 1. The van der Waals surface area contributed by atoms with E-state index in [-0.39, 0.29) is 17.4 Å². The number of aromatic nitrogens is 6. The summed E-state index contributed by atoms with van der Waals surface area (Å²) in [7, 11) is 0. The Morgan fingerprint density at radius 1 is 1.38 bits per heavy atom. The number of amides is 1. The molecule has 1 saturated heterocycles. The lowest BCUT2D eigenvalue weighted by atomic mass is 10.0. The number of aryl methyl sites for hydroxylation is 1. The number of carbonyl (C=O) groups is 1. The summed E-state index contributed by atoms with van der Waals surface area (Å²) in [5, 5.41) is 6.45. The molecule has 3 aromatic rings. The lowest BCUT2D eigenvalue weighted by Gasteiger charge is -2.33. The van der Waals surface area contributed by atoms with Crippen LogP contribution in [0.15, 0.2) is 21.8 Å². The zero-order valence-corrected chi connectivity index (χ0v) is 13.0. The summed E-state index contributed by atoms with van der Waals surface area (Å²) >= 11 is 0. The SMILES string of the molecule is Cc1noc([C@H]2CCCCN2C(=O)c2cnc3nc[nH]n3c2=O)n1. The van der Waals surface area contributed by atoms with Crippen molar-refractivity contribution in [2.45, 2.75) is 32.2 Å². The van der Waals surface area contributed by atoms with Gasteiger partial charge in [-0.2, -0.15) is 9.50 Å². The van der Waals surface area contributed by atoms with Gasteiger partial charge in [-0.05, 0) is 26.2 Å². The molecular weight excluding hydrogens is 314 g/mol. The van der Waals surface area contributed by atoms with Crippen LogP contribution in [0.3, 0.4) is 0 Å². The van der Waals surface area contributed by atoms with Gasteiger partial charge in [0.25, 0.3) is 17.2 Å². The van der Waals surface area contributed by atoms with Gasteiger partial charge in [0.15, 0.2) is 5.82 Å². The number of likely N-dealkylation sites (tertiary alicyclic amines) is 1. The molecule has 1 aliphatic heterocycles. The summed E-state index contributed by atoms with van der Waals surface area (Å²) in [4.78, 5) is 39.2. The third-order valence-corrected chi connectivity index (χ3v) is 4.13. The highest BCUT2D eigenvalue weighted by Gasteiger charge is 2.33. The van der Waals surface area contributed by atoms with Gasteiger partial charge in [-0.25, -0.2) is 9.97 Å². The second-order valence-electron chi connectivity index (χ2n) is 5.69. The minimum absolute atomic E-state index is 0.0140. The van der Waals surface area contributed by atoms with Crippen LogP contribution in [0.1, 0.15) is 47.4 Å². The number of hydrogen-bond acceptors (Lipinski definition) is 7. The van der Waals surface area contributed by atoms with Crippen LogP contribution >= 0.6 is 0 Å². The monoisotopic (exact) mass is 329 g/mol. The molecule has 1 atom stereocenters. The minimum Gasteiger partial charge on any atom is -0.337 e. The summed E-state index contributed by atoms with van der Waals surface area (Å²) in [5.74, 6) is 0.746. The number of nitrogens with one attached hydrogen (secondary N) is 1. The van der Waals surface area contributed by atoms with E-state index in [4.69, 9.17) is 4.52 Å². The van der Waals surface area contributed by atoms with E-state index in [0.29, 0.717) is 24.7 Å². The average Bonchev–Trinajstić information content (AvgIpc) is 3.24. The fourth-order valence-electron chi connectivity index (χ4n) is 2.98. The van der Waals surface area contributed by atoms with Gasteiger partial charge in [0.05, 0.1) is 0 Å². The summed E-state index contributed by atoms with van der Waals surface area (Å²) in [6, 6.07) is -0.325. The van der Waals surface area contributed by atoms with E-state index in [9.17, 15) is 9.59 Å². The highest BCUT2D eigenvalue weighted by atomic mass is 16.5. The summed E-state index contributed by atoms with van der Waals surface area (Å²) < 4.78 is 6.38. The Morgan fingerprint density at radius 3 is 3.04 bits per heavy atom. The Morgan fingerprint density at radius 2 is 2.25 bits per heavy atom. The summed E-state index contributed by atoms with van der Waals surface area (Å²) in [6.07, 6.45) is 5.14. The first-order valence-corrected chi connectivity index (χ1v) is 7.67. The average molecular weight is 329 g/mol. The molecule has 4 heterocycles. The lowest BCUT2D eigenvalue weighted by molar-refractivity contribution is 0.0558. The van der Waals surface area contributed by atoms with E-state index in [0.717, 1.165) is 17.4 Å². The van der Waals surface area contributed by atoms with Crippen molar-refractivity contribution in [3.8, 4) is 0 Å². The zero-order valence-electron chi connectivity index (χ0n) is 13.0. The van der Waals surface area contributed by atoms with E-state index in [1.807, 2.05) is 0 Å². The predicted molar refractivity (Wildman–Crippen MR) is 80.3 cm³/mol. The Labute approximate surface area is 135 Å². The molecule has 24 heavy (non-hydrogen) atoms. The normalized spacial score (nSPS) is 18.2. The minimum atomic E-state index is -0.478. The van der Waals surface area contributed by atoms with E-state index in [1.165, 1.54) is 12.5 Å². The summed E-state index contributed by atoms with van der Waals surface area (Å²) in [5.41, 5.74) is -0.492.